The summed E-state index contributed by atoms with van der Waals surface area (Å²) in [6.45, 7) is 5.72. The Bertz CT molecular complexity index is 495. The number of nitrogens with one attached hydrogen (secondary N) is 1. The number of hydrogen-bond donors (Lipinski definition) is 1. The minimum absolute atomic E-state index is 0.217. The van der Waals surface area contributed by atoms with E-state index in [1.807, 2.05) is 6.92 Å². The van der Waals surface area contributed by atoms with Crippen LogP contribution >= 0.6 is 0 Å². The van der Waals surface area contributed by atoms with Gasteiger partial charge in [0.15, 0.2) is 0 Å². The van der Waals surface area contributed by atoms with Crippen LogP contribution in [0.5, 0.6) is 5.75 Å². The second-order valence-electron chi connectivity index (χ2n) is 4.97. The first-order chi connectivity index (χ1) is 9.04. The summed E-state index contributed by atoms with van der Waals surface area (Å²) >= 11 is 0. The molecule has 0 saturated heterocycles. The van der Waals surface area contributed by atoms with Crippen LogP contribution in [0, 0.1) is 12.7 Å². The summed E-state index contributed by atoms with van der Waals surface area (Å²) in [4.78, 5) is 11.2. The van der Waals surface area contributed by atoms with Crippen molar-refractivity contribution in [2.75, 3.05) is 6.54 Å². The van der Waals surface area contributed by atoms with Gasteiger partial charge in [-0.15, -0.1) is 0 Å². The third-order valence-corrected chi connectivity index (χ3v) is 3.51. The Labute approximate surface area is 112 Å². The number of amides is 1. The zero-order chi connectivity index (χ0) is 13.9. The molecule has 1 aromatic rings. The molecule has 1 N–H and O–H groups in total. The molecule has 0 radical (unpaired) electrons. The van der Waals surface area contributed by atoms with Gasteiger partial charge in [0.05, 0.1) is 6.54 Å². The molecule has 4 heteroatoms. The molecular formula is C15H18FNO2. The van der Waals surface area contributed by atoms with Gasteiger partial charge in [0.2, 0.25) is 5.91 Å². The summed E-state index contributed by atoms with van der Waals surface area (Å²) < 4.78 is 19.2. The van der Waals surface area contributed by atoms with E-state index in [1.165, 1.54) is 18.2 Å². The SMILES string of the molecule is C=CC(=O)NCC1(Oc2cc(F)ccc2C)CCC1. The van der Waals surface area contributed by atoms with Gasteiger partial charge in [-0.25, -0.2) is 4.39 Å². The molecule has 1 aromatic carbocycles. The minimum Gasteiger partial charge on any atom is -0.485 e. The van der Waals surface area contributed by atoms with Crippen molar-refractivity contribution < 1.29 is 13.9 Å². The van der Waals surface area contributed by atoms with E-state index < -0.39 is 5.60 Å². The molecule has 0 bridgehead atoms. The van der Waals surface area contributed by atoms with Crippen LogP contribution in [0.4, 0.5) is 4.39 Å². The maximum absolute atomic E-state index is 13.2. The highest BCUT2D eigenvalue weighted by Gasteiger charge is 2.39. The Kier molecular flexibility index (Phi) is 3.88. The zero-order valence-corrected chi connectivity index (χ0v) is 11.0. The zero-order valence-electron chi connectivity index (χ0n) is 11.0. The molecule has 3 nitrogen and oxygen atoms in total. The first-order valence-electron chi connectivity index (χ1n) is 6.40. The number of ether oxygens (including phenoxy) is 1. The summed E-state index contributed by atoms with van der Waals surface area (Å²) in [7, 11) is 0. The van der Waals surface area contributed by atoms with Gasteiger partial charge in [-0.05, 0) is 43.9 Å². The van der Waals surface area contributed by atoms with Gasteiger partial charge >= 0.3 is 0 Å². The van der Waals surface area contributed by atoms with Gasteiger partial charge in [0.1, 0.15) is 17.2 Å². The lowest BCUT2D eigenvalue weighted by molar-refractivity contribution is -0.118. The summed E-state index contributed by atoms with van der Waals surface area (Å²) in [6, 6.07) is 4.50. The van der Waals surface area contributed by atoms with Crippen LogP contribution in [-0.4, -0.2) is 18.1 Å². The maximum atomic E-state index is 13.2. The minimum atomic E-state index is -0.406. The Morgan fingerprint density at radius 3 is 2.89 bits per heavy atom. The first-order valence-corrected chi connectivity index (χ1v) is 6.40. The van der Waals surface area contributed by atoms with E-state index in [-0.39, 0.29) is 11.7 Å². The molecule has 1 aliphatic rings. The number of rotatable bonds is 5. The highest BCUT2D eigenvalue weighted by molar-refractivity contribution is 5.86. The molecule has 0 aliphatic heterocycles. The van der Waals surface area contributed by atoms with E-state index in [0.717, 1.165) is 24.8 Å². The van der Waals surface area contributed by atoms with Crippen molar-refractivity contribution in [2.24, 2.45) is 0 Å². The van der Waals surface area contributed by atoms with E-state index in [2.05, 4.69) is 11.9 Å². The predicted octanol–water partition coefficient (Wildman–Crippen LogP) is 2.74. The van der Waals surface area contributed by atoms with Crippen LogP contribution in [-0.2, 0) is 4.79 Å². The number of aryl methyl sites for hydroxylation is 1. The van der Waals surface area contributed by atoms with Crippen LogP contribution in [0.1, 0.15) is 24.8 Å². The van der Waals surface area contributed by atoms with Gasteiger partial charge in [-0.1, -0.05) is 12.6 Å². The molecule has 0 unspecified atom stereocenters. The molecule has 1 aliphatic carbocycles. The quantitative estimate of drug-likeness (QED) is 0.829. The fourth-order valence-electron chi connectivity index (χ4n) is 2.12. The maximum Gasteiger partial charge on any atom is 0.243 e. The fraction of sp³-hybridized carbons (Fsp3) is 0.400. The Hall–Kier alpha value is -1.84. The largest absolute Gasteiger partial charge is 0.485 e. The average Bonchev–Trinajstić information content (AvgIpc) is 2.36. The van der Waals surface area contributed by atoms with E-state index in [1.54, 1.807) is 6.07 Å². The summed E-state index contributed by atoms with van der Waals surface area (Å²) in [6.07, 6.45) is 4.01. The van der Waals surface area contributed by atoms with E-state index in [4.69, 9.17) is 4.74 Å². The monoisotopic (exact) mass is 263 g/mol. The molecule has 2 rings (SSSR count). The number of carbonyl (C=O) groups is 1. The second kappa shape index (κ2) is 5.43. The third kappa shape index (κ3) is 3.13. The molecule has 102 valence electrons. The van der Waals surface area contributed by atoms with E-state index in [0.29, 0.717) is 12.3 Å². The highest BCUT2D eigenvalue weighted by atomic mass is 19.1. The van der Waals surface area contributed by atoms with E-state index in [9.17, 15) is 9.18 Å². The summed E-state index contributed by atoms with van der Waals surface area (Å²) in [5.41, 5.74) is 0.486. The van der Waals surface area contributed by atoms with Gasteiger partial charge in [0.25, 0.3) is 0 Å². The summed E-state index contributed by atoms with van der Waals surface area (Å²) in [5.74, 6) is 0.0172. The van der Waals surface area contributed by atoms with Crippen molar-refractivity contribution in [1.82, 2.24) is 5.32 Å². The first kappa shape index (κ1) is 13.6. The molecule has 1 saturated carbocycles. The normalized spacial score (nSPS) is 16.3. The molecule has 0 atom stereocenters. The van der Waals surface area contributed by atoms with Crippen molar-refractivity contribution in [3.63, 3.8) is 0 Å². The standard InChI is InChI=1S/C15H18FNO2/c1-3-14(18)17-10-15(7-4-8-15)19-13-9-12(16)6-5-11(13)2/h3,5-6,9H,1,4,7-8,10H2,2H3,(H,17,18). The number of benzene rings is 1. The average molecular weight is 263 g/mol. The number of hydrogen-bond acceptors (Lipinski definition) is 2. The predicted molar refractivity (Wildman–Crippen MR) is 71.6 cm³/mol. The molecule has 19 heavy (non-hydrogen) atoms. The van der Waals surface area contributed by atoms with Crippen molar-refractivity contribution in [3.8, 4) is 5.75 Å². The second-order valence-corrected chi connectivity index (χ2v) is 4.97. The van der Waals surface area contributed by atoms with Crippen molar-refractivity contribution in [2.45, 2.75) is 31.8 Å². The molecular weight excluding hydrogens is 245 g/mol. The van der Waals surface area contributed by atoms with Crippen molar-refractivity contribution >= 4 is 5.91 Å². The Morgan fingerprint density at radius 2 is 2.32 bits per heavy atom. The molecule has 1 amide bonds. The van der Waals surface area contributed by atoms with Gasteiger partial charge in [-0.3, -0.25) is 4.79 Å². The number of carbonyl (C=O) groups excluding carboxylic acids is 1. The Balaban J connectivity index is 2.07. The van der Waals surface area contributed by atoms with Crippen LogP contribution in [0.2, 0.25) is 0 Å². The van der Waals surface area contributed by atoms with Crippen LogP contribution in [0.25, 0.3) is 0 Å². The van der Waals surface area contributed by atoms with Crippen molar-refractivity contribution in [3.05, 3.63) is 42.2 Å². The number of halogens is 1. The summed E-state index contributed by atoms with van der Waals surface area (Å²) in [5, 5.41) is 2.75. The molecule has 1 fully saturated rings. The highest BCUT2D eigenvalue weighted by Crippen LogP contribution is 2.37. The lowest BCUT2D eigenvalue weighted by Gasteiger charge is -2.42. The molecule has 0 spiro atoms. The van der Waals surface area contributed by atoms with Gasteiger partial charge in [-0.2, -0.15) is 0 Å². The van der Waals surface area contributed by atoms with Crippen LogP contribution in [0.15, 0.2) is 30.9 Å². The fourth-order valence-corrected chi connectivity index (χ4v) is 2.12. The molecule has 0 aromatic heterocycles. The van der Waals surface area contributed by atoms with Crippen LogP contribution in [0.3, 0.4) is 0 Å². The van der Waals surface area contributed by atoms with Crippen LogP contribution < -0.4 is 10.1 Å². The topological polar surface area (TPSA) is 38.3 Å². The third-order valence-electron chi connectivity index (χ3n) is 3.51. The smallest absolute Gasteiger partial charge is 0.243 e. The van der Waals surface area contributed by atoms with Crippen molar-refractivity contribution in [1.29, 1.82) is 0 Å². The molecule has 0 heterocycles. The van der Waals surface area contributed by atoms with E-state index >= 15 is 0 Å². The lowest BCUT2D eigenvalue weighted by atomic mass is 9.79. The van der Waals surface area contributed by atoms with Gasteiger partial charge in [0, 0.05) is 6.07 Å². The van der Waals surface area contributed by atoms with Gasteiger partial charge < -0.3 is 10.1 Å². The Morgan fingerprint density at radius 1 is 1.58 bits per heavy atom. The lowest BCUT2D eigenvalue weighted by Crippen LogP contribution is -2.52.